The van der Waals surface area contributed by atoms with Gasteiger partial charge >= 0.3 is 0 Å². The van der Waals surface area contributed by atoms with Crippen molar-refractivity contribution in [3.05, 3.63) is 30.3 Å². The molecule has 1 aromatic carbocycles. The molecule has 0 radical (unpaired) electrons. The fourth-order valence-corrected chi connectivity index (χ4v) is 5.35. The highest BCUT2D eigenvalue weighted by atomic mass is 32.2. The van der Waals surface area contributed by atoms with Gasteiger partial charge in [-0.1, -0.05) is 0 Å². The van der Waals surface area contributed by atoms with E-state index >= 15 is 0 Å². The minimum Gasteiger partial charge on any atom is -0.497 e. The van der Waals surface area contributed by atoms with Gasteiger partial charge in [-0.15, -0.1) is 11.8 Å². The van der Waals surface area contributed by atoms with E-state index in [4.69, 9.17) is 34.3 Å². The quantitative estimate of drug-likeness (QED) is 0.215. The summed E-state index contributed by atoms with van der Waals surface area (Å²) >= 11 is 1.60. The van der Waals surface area contributed by atoms with E-state index in [9.17, 15) is 0 Å². The molecule has 2 aromatic heterocycles. The van der Waals surface area contributed by atoms with Crippen LogP contribution >= 0.6 is 11.8 Å². The van der Waals surface area contributed by atoms with Crippen molar-refractivity contribution >= 4 is 23.7 Å². The molecule has 41 heavy (non-hydrogen) atoms. The van der Waals surface area contributed by atoms with Crippen molar-refractivity contribution in [2.45, 2.75) is 17.9 Å². The van der Waals surface area contributed by atoms with Crippen molar-refractivity contribution < 1.29 is 14.2 Å². The van der Waals surface area contributed by atoms with E-state index in [2.05, 4.69) is 26.5 Å². The van der Waals surface area contributed by atoms with Crippen LogP contribution < -0.4 is 15.4 Å². The Morgan fingerprint density at radius 3 is 1.90 bits per heavy atom. The number of morpholine rings is 2. The fourth-order valence-electron chi connectivity index (χ4n) is 4.83. The van der Waals surface area contributed by atoms with Gasteiger partial charge in [0.25, 0.3) is 5.95 Å². The summed E-state index contributed by atoms with van der Waals surface area (Å²) in [5, 5.41) is 12.7. The molecular weight excluding hydrogens is 542 g/mol. The number of rotatable bonds is 14. The van der Waals surface area contributed by atoms with Gasteiger partial charge in [-0.05, 0) is 62.5 Å². The van der Waals surface area contributed by atoms with Crippen LogP contribution in [0.15, 0.2) is 35.4 Å². The molecule has 2 fully saturated rings. The van der Waals surface area contributed by atoms with Crippen LogP contribution in [0.4, 0.5) is 11.9 Å². The van der Waals surface area contributed by atoms with Gasteiger partial charge in [0.1, 0.15) is 10.8 Å². The summed E-state index contributed by atoms with van der Waals surface area (Å²) in [7, 11) is 1.67. The van der Waals surface area contributed by atoms with Crippen molar-refractivity contribution in [1.82, 2.24) is 34.5 Å². The third-order valence-corrected chi connectivity index (χ3v) is 7.87. The minimum absolute atomic E-state index is 0.482. The fraction of sp³-hybridized carbons (Fsp3) is 0.571. The highest BCUT2D eigenvalue weighted by Gasteiger charge is 2.17. The Bertz CT molecular complexity index is 1170. The molecule has 0 unspecified atom stereocenters. The normalized spacial score (nSPS) is 16.5. The Labute approximate surface area is 246 Å². The van der Waals surface area contributed by atoms with E-state index in [1.54, 1.807) is 23.6 Å². The lowest BCUT2D eigenvalue weighted by molar-refractivity contribution is 0.0378. The van der Waals surface area contributed by atoms with Gasteiger partial charge in [-0.3, -0.25) is 9.80 Å². The Kier molecular flexibility index (Phi) is 11.0. The molecule has 3 aromatic rings. The van der Waals surface area contributed by atoms with E-state index in [0.29, 0.717) is 17.8 Å². The molecule has 4 heterocycles. The lowest BCUT2D eigenvalue weighted by Crippen LogP contribution is -2.37. The lowest BCUT2D eigenvalue weighted by atomic mass is 10.1. The summed E-state index contributed by atoms with van der Waals surface area (Å²) < 4.78 is 18.0. The van der Waals surface area contributed by atoms with Gasteiger partial charge in [0.15, 0.2) is 0 Å². The number of nitrogens with zero attached hydrogens (tertiary/aromatic N) is 7. The average molecular weight is 584 g/mol. The smallest absolute Gasteiger partial charge is 0.258 e. The topological polar surface area (TPSA) is 115 Å². The zero-order valence-corrected chi connectivity index (χ0v) is 24.9. The SMILES string of the molecule is COc1ccc(-c2cc(SC)n(-c3nc(NCCCN4CCOCC4)nc(NCCCN4CCOCC4)n3)n2)cc1. The Hall–Kier alpha value is -2.97. The number of thioether (sulfide) groups is 1. The first-order valence-electron chi connectivity index (χ1n) is 14.3. The molecule has 13 heteroatoms. The van der Waals surface area contributed by atoms with Crippen LogP contribution in [-0.4, -0.2) is 127 Å². The van der Waals surface area contributed by atoms with Crippen LogP contribution in [0, 0.1) is 0 Å². The number of nitrogens with one attached hydrogen (secondary N) is 2. The highest BCUT2D eigenvalue weighted by molar-refractivity contribution is 7.98. The molecule has 0 aliphatic carbocycles. The van der Waals surface area contributed by atoms with Crippen LogP contribution in [0.3, 0.4) is 0 Å². The zero-order chi connectivity index (χ0) is 28.3. The number of anilines is 2. The van der Waals surface area contributed by atoms with Crippen LogP contribution in [0.25, 0.3) is 17.2 Å². The standard InChI is InChI=1S/C28H41N9O3S/c1-38-23-7-5-22(6-8-23)24-21-25(41-2)37(34-24)28-32-26(29-9-3-11-35-13-17-39-18-14-35)31-27(33-28)30-10-4-12-36-15-19-40-20-16-36/h5-8,21H,3-4,9-20H2,1-2H3,(H2,29,30,31,32,33). The third kappa shape index (κ3) is 8.52. The molecule has 222 valence electrons. The van der Waals surface area contributed by atoms with E-state index in [1.807, 2.05) is 30.5 Å². The average Bonchev–Trinajstić information content (AvgIpc) is 3.47. The predicted molar refractivity (Wildman–Crippen MR) is 161 cm³/mol. The lowest BCUT2D eigenvalue weighted by Gasteiger charge is -2.26. The second-order valence-electron chi connectivity index (χ2n) is 9.96. The first kappa shape index (κ1) is 29.5. The molecule has 2 aliphatic rings. The van der Waals surface area contributed by atoms with Gasteiger partial charge < -0.3 is 24.8 Å². The molecule has 0 bridgehead atoms. The number of ether oxygens (including phenoxy) is 3. The van der Waals surface area contributed by atoms with Gasteiger partial charge in [0.2, 0.25) is 11.9 Å². The second-order valence-corrected chi connectivity index (χ2v) is 10.8. The summed E-state index contributed by atoms with van der Waals surface area (Å²) in [6.07, 6.45) is 4.01. The first-order chi connectivity index (χ1) is 20.2. The van der Waals surface area contributed by atoms with Crippen LogP contribution in [-0.2, 0) is 9.47 Å². The van der Waals surface area contributed by atoms with Crippen molar-refractivity contribution in [1.29, 1.82) is 0 Å². The Morgan fingerprint density at radius 1 is 0.829 bits per heavy atom. The number of hydrogen-bond acceptors (Lipinski definition) is 12. The van der Waals surface area contributed by atoms with Crippen molar-refractivity contribution in [3.63, 3.8) is 0 Å². The van der Waals surface area contributed by atoms with Crippen LogP contribution in [0.2, 0.25) is 0 Å². The molecule has 0 amide bonds. The number of benzene rings is 1. The molecule has 5 rings (SSSR count). The van der Waals surface area contributed by atoms with Crippen LogP contribution in [0.1, 0.15) is 12.8 Å². The van der Waals surface area contributed by atoms with Gasteiger partial charge in [-0.2, -0.15) is 24.7 Å². The van der Waals surface area contributed by atoms with Gasteiger partial charge in [-0.25, -0.2) is 0 Å². The zero-order valence-electron chi connectivity index (χ0n) is 24.0. The molecule has 0 atom stereocenters. The Morgan fingerprint density at radius 2 is 1.39 bits per heavy atom. The van der Waals surface area contributed by atoms with E-state index in [-0.39, 0.29) is 0 Å². The summed E-state index contributed by atoms with van der Waals surface area (Å²) in [5.41, 5.74) is 1.84. The van der Waals surface area contributed by atoms with E-state index in [1.165, 1.54) is 0 Å². The molecule has 2 aliphatic heterocycles. The number of methoxy groups -OCH3 is 1. The maximum atomic E-state index is 5.46. The van der Waals surface area contributed by atoms with Gasteiger partial charge in [0.05, 0.1) is 39.2 Å². The highest BCUT2D eigenvalue weighted by Crippen LogP contribution is 2.27. The predicted octanol–water partition coefficient (Wildman–Crippen LogP) is 2.72. The summed E-state index contributed by atoms with van der Waals surface area (Å²) in [6.45, 7) is 10.8. The molecular formula is C28H41N9O3S. The molecule has 2 N–H and O–H groups in total. The summed E-state index contributed by atoms with van der Waals surface area (Å²) in [4.78, 5) is 19.1. The second kappa shape index (κ2) is 15.3. The largest absolute Gasteiger partial charge is 0.497 e. The maximum absolute atomic E-state index is 5.46. The summed E-state index contributed by atoms with van der Waals surface area (Å²) in [5.74, 6) is 2.38. The molecule has 0 saturated carbocycles. The summed E-state index contributed by atoms with van der Waals surface area (Å²) in [6, 6.07) is 9.95. The molecule has 2 saturated heterocycles. The van der Waals surface area contributed by atoms with Gasteiger partial charge in [0, 0.05) is 44.8 Å². The monoisotopic (exact) mass is 583 g/mol. The van der Waals surface area contributed by atoms with Crippen molar-refractivity contribution in [3.8, 4) is 23.0 Å². The first-order valence-corrected chi connectivity index (χ1v) is 15.6. The van der Waals surface area contributed by atoms with Crippen molar-refractivity contribution in [2.75, 3.05) is 103 Å². The van der Waals surface area contributed by atoms with Crippen LogP contribution in [0.5, 0.6) is 5.75 Å². The van der Waals surface area contributed by atoms with E-state index in [0.717, 1.165) is 114 Å². The number of aromatic nitrogens is 5. The molecule has 0 spiro atoms. The molecule has 12 nitrogen and oxygen atoms in total. The van der Waals surface area contributed by atoms with E-state index < -0.39 is 0 Å². The maximum Gasteiger partial charge on any atom is 0.258 e. The minimum atomic E-state index is 0.482. The number of hydrogen-bond donors (Lipinski definition) is 2. The van der Waals surface area contributed by atoms with Crippen molar-refractivity contribution in [2.24, 2.45) is 0 Å². The Balaban J connectivity index is 1.30. The third-order valence-electron chi connectivity index (χ3n) is 7.16.